The summed E-state index contributed by atoms with van der Waals surface area (Å²) in [4.78, 5) is 7.08. The molecule has 5 nitrogen and oxygen atoms in total. The van der Waals surface area contributed by atoms with E-state index < -0.39 is 0 Å². The highest BCUT2D eigenvalue weighted by atomic mass is 16.3. The van der Waals surface area contributed by atoms with Crippen LogP contribution in [0.25, 0.3) is 0 Å². The summed E-state index contributed by atoms with van der Waals surface area (Å²) in [6, 6.07) is 8.20. The van der Waals surface area contributed by atoms with Gasteiger partial charge in [-0.25, -0.2) is 4.98 Å². The van der Waals surface area contributed by atoms with Gasteiger partial charge in [-0.2, -0.15) is 5.10 Å². The standard InChI is InChI=1S/C18H26N4O/c1-2-17-19-18(21-20-17)13-22-11-4-3-7-15(22)10-9-14-6-5-8-16(23)12-14/h5-6,8,12,15,23H,2-4,7,9-11,13H2,1H3,(H,19,20,21). The van der Waals surface area contributed by atoms with Gasteiger partial charge in [0.1, 0.15) is 17.4 Å². The number of phenols is 1. The number of hydrogen-bond acceptors (Lipinski definition) is 4. The van der Waals surface area contributed by atoms with E-state index in [1.165, 1.54) is 24.8 Å². The van der Waals surface area contributed by atoms with Gasteiger partial charge in [0.15, 0.2) is 0 Å². The van der Waals surface area contributed by atoms with Crippen LogP contribution >= 0.6 is 0 Å². The lowest BCUT2D eigenvalue weighted by Crippen LogP contribution is -2.39. The number of nitrogens with one attached hydrogen (secondary N) is 1. The van der Waals surface area contributed by atoms with Crippen LogP contribution in [-0.4, -0.2) is 37.8 Å². The second-order valence-electron chi connectivity index (χ2n) is 6.38. The molecule has 1 aromatic carbocycles. The number of aryl methyl sites for hydroxylation is 2. The Bertz CT molecular complexity index is 625. The number of piperidine rings is 1. The molecular formula is C18H26N4O. The van der Waals surface area contributed by atoms with E-state index in [0.717, 1.165) is 44.0 Å². The number of rotatable bonds is 6. The fourth-order valence-corrected chi connectivity index (χ4v) is 3.40. The molecule has 1 aromatic heterocycles. The molecule has 5 heteroatoms. The van der Waals surface area contributed by atoms with Crippen molar-refractivity contribution < 1.29 is 5.11 Å². The third kappa shape index (κ3) is 4.32. The fraction of sp³-hybridized carbons (Fsp3) is 0.556. The smallest absolute Gasteiger partial charge is 0.150 e. The van der Waals surface area contributed by atoms with E-state index in [-0.39, 0.29) is 0 Å². The van der Waals surface area contributed by atoms with Gasteiger partial charge in [0.2, 0.25) is 0 Å². The Morgan fingerprint density at radius 2 is 2.26 bits per heavy atom. The van der Waals surface area contributed by atoms with Crippen molar-refractivity contribution in [2.24, 2.45) is 0 Å². The quantitative estimate of drug-likeness (QED) is 0.860. The number of benzene rings is 1. The first-order chi connectivity index (χ1) is 11.2. The molecule has 1 saturated heterocycles. The first kappa shape index (κ1) is 16.0. The predicted molar refractivity (Wildman–Crippen MR) is 90.2 cm³/mol. The minimum Gasteiger partial charge on any atom is -0.508 e. The minimum atomic E-state index is 0.358. The summed E-state index contributed by atoms with van der Waals surface area (Å²) >= 11 is 0. The molecule has 2 N–H and O–H groups in total. The van der Waals surface area contributed by atoms with Crippen molar-refractivity contribution in [1.29, 1.82) is 0 Å². The van der Waals surface area contributed by atoms with Crippen molar-refractivity contribution in [3.8, 4) is 5.75 Å². The van der Waals surface area contributed by atoms with E-state index in [2.05, 4.69) is 33.1 Å². The summed E-state index contributed by atoms with van der Waals surface area (Å²) in [6.45, 7) is 4.07. The SMILES string of the molecule is CCc1n[nH]c(CN2CCCCC2CCc2cccc(O)c2)n1. The van der Waals surface area contributed by atoms with E-state index in [4.69, 9.17) is 0 Å². The van der Waals surface area contributed by atoms with Crippen molar-refractivity contribution in [3.63, 3.8) is 0 Å². The van der Waals surface area contributed by atoms with Crippen molar-refractivity contribution in [2.45, 2.75) is 58.0 Å². The number of nitrogens with zero attached hydrogens (tertiary/aromatic N) is 3. The molecule has 3 rings (SSSR count). The molecule has 1 aliphatic rings. The molecule has 1 aliphatic heterocycles. The van der Waals surface area contributed by atoms with Gasteiger partial charge in [0, 0.05) is 12.5 Å². The molecule has 1 atom stereocenters. The second-order valence-corrected chi connectivity index (χ2v) is 6.38. The maximum Gasteiger partial charge on any atom is 0.150 e. The van der Waals surface area contributed by atoms with Crippen LogP contribution in [0.1, 0.15) is 49.8 Å². The summed E-state index contributed by atoms with van der Waals surface area (Å²) in [5.41, 5.74) is 1.21. The van der Waals surface area contributed by atoms with Crippen LogP contribution in [0, 0.1) is 0 Å². The van der Waals surface area contributed by atoms with Crippen molar-refractivity contribution in [2.75, 3.05) is 6.54 Å². The van der Waals surface area contributed by atoms with Crippen LogP contribution in [0.3, 0.4) is 0 Å². The van der Waals surface area contributed by atoms with Crippen LogP contribution in [0.2, 0.25) is 0 Å². The molecule has 124 valence electrons. The van der Waals surface area contributed by atoms with Gasteiger partial charge in [0.25, 0.3) is 0 Å². The average Bonchev–Trinajstić information content (AvgIpc) is 3.02. The average molecular weight is 314 g/mol. The van der Waals surface area contributed by atoms with Gasteiger partial charge < -0.3 is 5.11 Å². The summed E-state index contributed by atoms with van der Waals surface area (Å²) in [5.74, 6) is 2.23. The molecule has 0 amide bonds. The Morgan fingerprint density at radius 1 is 1.35 bits per heavy atom. The van der Waals surface area contributed by atoms with Gasteiger partial charge in [-0.1, -0.05) is 25.5 Å². The Morgan fingerprint density at radius 3 is 3.04 bits per heavy atom. The number of aromatic hydroxyl groups is 1. The summed E-state index contributed by atoms with van der Waals surface area (Å²) in [7, 11) is 0. The predicted octanol–water partition coefficient (Wildman–Crippen LogP) is 3.06. The zero-order valence-corrected chi connectivity index (χ0v) is 13.8. The molecule has 2 heterocycles. The van der Waals surface area contributed by atoms with Crippen LogP contribution in [-0.2, 0) is 19.4 Å². The largest absolute Gasteiger partial charge is 0.508 e. The van der Waals surface area contributed by atoms with E-state index in [9.17, 15) is 5.11 Å². The lowest BCUT2D eigenvalue weighted by molar-refractivity contribution is 0.129. The van der Waals surface area contributed by atoms with Gasteiger partial charge in [-0.05, 0) is 49.9 Å². The van der Waals surface area contributed by atoms with Gasteiger partial charge in [-0.3, -0.25) is 10.00 Å². The van der Waals surface area contributed by atoms with Gasteiger partial charge in [0.05, 0.1) is 6.54 Å². The molecule has 23 heavy (non-hydrogen) atoms. The highest BCUT2D eigenvalue weighted by Crippen LogP contribution is 2.23. The first-order valence-corrected chi connectivity index (χ1v) is 8.66. The van der Waals surface area contributed by atoms with E-state index in [1.54, 1.807) is 6.07 Å². The van der Waals surface area contributed by atoms with Crippen LogP contribution in [0.15, 0.2) is 24.3 Å². The molecule has 1 fully saturated rings. The van der Waals surface area contributed by atoms with E-state index in [1.807, 2.05) is 12.1 Å². The summed E-state index contributed by atoms with van der Waals surface area (Å²) in [5, 5.41) is 16.9. The van der Waals surface area contributed by atoms with Gasteiger partial charge in [-0.15, -0.1) is 0 Å². The fourth-order valence-electron chi connectivity index (χ4n) is 3.40. The monoisotopic (exact) mass is 314 g/mol. The Balaban J connectivity index is 1.59. The first-order valence-electron chi connectivity index (χ1n) is 8.66. The normalized spacial score (nSPS) is 19.1. The molecule has 2 aromatic rings. The molecule has 0 spiro atoms. The van der Waals surface area contributed by atoms with Crippen molar-refractivity contribution in [3.05, 3.63) is 41.5 Å². The zero-order valence-electron chi connectivity index (χ0n) is 13.8. The number of phenolic OH excluding ortho intramolecular Hbond substituents is 1. The van der Waals surface area contributed by atoms with Crippen LogP contribution in [0.5, 0.6) is 5.75 Å². The van der Waals surface area contributed by atoms with Crippen LogP contribution < -0.4 is 0 Å². The number of H-pyrrole nitrogens is 1. The second kappa shape index (κ2) is 7.59. The highest BCUT2D eigenvalue weighted by Gasteiger charge is 2.23. The number of hydrogen-bond donors (Lipinski definition) is 2. The maximum atomic E-state index is 9.59. The topological polar surface area (TPSA) is 65.0 Å². The van der Waals surface area contributed by atoms with Gasteiger partial charge >= 0.3 is 0 Å². The molecule has 0 aliphatic carbocycles. The number of likely N-dealkylation sites (tertiary alicyclic amines) is 1. The van der Waals surface area contributed by atoms with Crippen LogP contribution in [0.4, 0.5) is 0 Å². The molecule has 0 saturated carbocycles. The minimum absolute atomic E-state index is 0.358. The lowest BCUT2D eigenvalue weighted by Gasteiger charge is -2.35. The number of aromatic amines is 1. The third-order valence-electron chi connectivity index (χ3n) is 4.67. The molecule has 0 radical (unpaired) electrons. The van der Waals surface area contributed by atoms with E-state index >= 15 is 0 Å². The van der Waals surface area contributed by atoms with E-state index in [0.29, 0.717) is 11.8 Å². The third-order valence-corrected chi connectivity index (χ3v) is 4.67. The maximum absolute atomic E-state index is 9.59. The number of aromatic nitrogens is 3. The Hall–Kier alpha value is -1.88. The van der Waals surface area contributed by atoms with Crippen molar-refractivity contribution >= 4 is 0 Å². The Labute approximate surface area is 137 Å². The summed E-state index contributed by atoms with van der Waals surface area (Å²) < 4.78 is 0. The molecular weight excluding hydrogens is 288 g/mol. The molecule has 0 bridgehead atoms. The molecule has 1 unspecified atom stereocenters. The highest BCUT2D eigenvalue weighted by molar-refractivity contribution is 5.27. The lowest BCUT2D eigenvalue weighted by atomic mass is 9.95. The Kier molecular flexibility index (Phi) is 5.28. The summed E-state index contributed by atoms with van der Waals surface area (Å²) in [6.07, 6.45) is 6.81. The zero-order chi connectivity index (χ0) is 16.1. The van der Waals surface area contributed by atoms with Crippen molar-refractivity contribution in [1.82, 2.24) is 20.1 Å².